The van der Waals surface area contributed by atoms with Crippen LogP contribution in [-0.2, 0) is 0 Å². The summed E-state index contributed by atoms with van der Waals surface area (Å²) in [6, 6.07) is 0. The third-order valence-corrected chi connectivity index (χ3v) is 4.56. The molecule has 0 atom stereocenters. The first-order valence-electron chi connectivity index (χ1n) is 7.57. The van der Waals surface area contributed by atoms with Crippen LogP contribution in [0.5, 0.6) is 0 Å². The van der Waals surface area contributed by atoms with E-state index < -0.39 is 0 Å². The minimum absolute atomic E-state index is 0.569. The van der Waals surface area contributed by atoms with E-state index >= 15 is 0 Å². The average molecular weight is 373 g/mol. The van der Waals surface area contributed by atoms with Crippen LogP contribution in [0.2, 0.25) is 0 Å². The Balaban J connectivity index is 2.09. The van der Waals surface area contributed by atoms with Gasteiger partial charge in [-0.1, -0.05) is 39.0 Å². The topological polar surface area (TPSA) is 37.8 Å². The highest BCUT2D eigenvalue weighted by atomic mass is 127. The number of nitrogens with one attached hydrogen (secondary N) is 1. The Morgan fingerprint density at radius 3 is 2.58 bits per heavy atom. The summed E-state index contributed by atoms with van der Waals surface area (Å²) < 4.78 is 1.13. The third-order valence-electron chi connectivity index (χ3n) is 3.78. The van der Waals surface area contributed by atoms with Crippen LogP contribution in [0.15, 0.2) is 6.20 Å². The van der Waals surface area contributed by atoms with Crippen molar-refractivity contribution < 1.29 is 0 Å². The molecule has 106 valence electrons. The van der Waals surface area contributed by atoms with Gasteiger partial charge in [0.05, 0.1) is 3.57 Å². The van der Waals surface area contributed by atoms with Crippen molar-refractivity contribution in [1.29, 1.82) is 0 Å². The molecule has 0 aromatic carbocycles. The molecule has 1 aromatic rings. The Morgan fingerprint density at radius 1 is 1.21 bits per heavy atom. The number of nitrogens with zero attached hydrogens (tertiary/aromatic N) is 2. The molecular weight excluding hydrogens is 349 g/mol. The molecule has 1 aromatic heterocycles. The Labute approximate surface area is 130 Å². The Bertz CT molecular complexity index is 387. The maximum Gasteiger partial charge on any atom is 0.143 e. The lowest BCUT2D eigenvalue weighted by atomic mass is 9.90. The first-order valence-corrected chi connectivity index (χ1v) is 8.65. The zero-order valence-electron chi connectivity index (χ0n) is 11.8. The monoisotopic (exact) mass is 373 g/mol. The van der Waals surface area contributed by atoms with Gasteiger partial charge in [-0.2, -0.15) is 0 Å². The molecule has 0 amide bonds. The number of rotatable bonds is 4. The van der Waals surface area contributed by atoms with E-state index in [1.165, 1.54) is 44.9 Å². The van der Waals surface area contributed by atoms with Gasteiger partial charge in [0.25, 0.3) is 0 Å². The van der Waals surface area contributed by atoms with Gasteiger partial charge < -0.3 is 5.32 Å². The quantitative estimate of drug-likeness (QED) is 0.776. The first-order chi connectivity index (χ1) is 9.31. The maximum absolute atomic E-state index is 4.78. The SMILES string of the molecule is CCCNc1nc(C2CCCCCCC2)ncc1I. The fourth-order valence-corrected chi connectivity index (χ4v) is 3.11. The average Bonchev–Trinajstić information content (AvgIpc) is 2.38. The van der Waals surface area contributed by atoms with Crippen LogP contribution >= 0.6 is 22.6 Å². The molecule has 1 saturated carbocycles. The molecule has 3 nitrogen and oxygen atoms in total. The van der Waals surface area contributed by atoms with Gasteiger partial charge in [0, 0.05) is 18.7 Å². The van der Waals surface area contributed by atoms with Crippen molar-refractivity contribution in [3.05, 3.63) is 15.6 Å². The van der Waals surface area contributed by atoms with Crippen molar-refractivity contribution in [3.63, 3.8) is 0 Å². The molecule has 0 aliphatic heterocycles. The summed E-state index contributed by atoms with van der Waals surface area (Å²) in [5, 5.41) is 3.41. The largest absolute Gasteiger partial charge is 0.369 e. The van der Waals surface area contributed by atoms with E-state index in [0.29, 0.717) is 5.92 Å². The molecule has 0 spiro atoms. The van der Waals surface area contributed by atoms with Gasteiger partial charge in [-0.15, -0.1) is 0 Å². The first kappa shape index (κ1) is 15.0. The van der Waals surface area contributed by atoms with Crippen LogP contribution in [0.25, 0.3) is 0 Å². The van der Waals surface area contributed by atoms with E-state index in [-0.39, 0.29) is 0 Å². The minimum atomic E-state index is 0.569. The van der Waals surface area contributed by atoms with Crippen LogP contribution in [-0.4, -0.2) is 16.5 Å². The molecular formula is C15H24IN3. The van der Waals surface area contributed by atoms with E-state index in [9.17, 15) is 0 Å². The van der Waals surface area contributed by atoms with Crippen LogP contribution in [0, 0.1) is 3.57 Å². The Hall–Kier alpha value is -0.390. The molecule has 1 fully saturated rings. The van der Waals surface area contributed by atoms with Gasteiger partial charge in [0.2, 0.25) is 0 Å². The number of anilines is 1. The van der Waals surface area contributed by atoms with Crippen molar-refractivity contribution in [3.8, 4) is 0 Å². The molecule has 0 unspecified atom stereocenters. The second kappa shape index (κ2) is 8.02. The fourth-order valence-electron chi connectivity index (χ4n) is 2.66. The smallest absolute Gasteiger partial charge is 0.143 e. The van der Waals surface area contributed by atoms with Crippen molar-refractivity contribution in [2.24, 2.45) is 0 Å². The van der Waals surface area contributed by atoms with Gasteiger partial charge in [0.1, 0.15) is 11.6 Å². The normalized spacial score (nSPS) is 17.8. The molecule has 0 saturated heterocycles. The summed E-state index contributed by atoms with van der Waals surface area (Å²) in [5.41, 5.74) is 0. The number of aromatic nitrogens is 2. The van der Waals surface area contributed by atoms with Crippen LogP contribution in [0.4, 0.5) is 5.82 Å². The number of hydrogen-bond donors (Lipinski definition) is 1. The van der Waals surface area contributed by atoms with Crippen molar-refractivity contribution in [1.82, 2.24) is 9.97 Å². The lowest BCUT2D eigenvalue weighted by Gasteiger charge is -2.19. The molecule has 1 aliphatic carbocycles. The van der Waals surface area contributed by atoms with Gasteiger partial charge in [0.15, 0.2) is 0 Å². The molecule has 1 heterocycles. The lowest BCUT2D eigenvalue weighted by molar-refractivity contribution is 0.442. The van der Waals surface area contributed by atoms with E-state index in [4.69, 9.17) is 4.98 Å². The minimum Gasteiger partial charge on any atom is -0.369 e. The highest BCUT2D eigenvalue weighted by Crippen LogP contribution is 2.30. The Kier molecular flexibility index (Phi) is 6.34. The van der Waals surface area contributed by atoms with Gasteiger partial charge in [-0.25, -0.2) is 9.97 Å². The van der Waals surface area contributed by atoms with Crippen molar-refractivity contribution in [2.75, 3.05) is 11.9 Å². The summed E-state index contributed by atoms with van der Waals surface area (Å²) >= 11 is 2.31. The summed E-state index contributed by atoms with van der Waals surface area (Å²) in [4.78, 5) is 9.36. The molecule has 0 radical (unpaired) electrons. The predicted octanol–water partition coefficient (Wildman–Crippen LogP) is 4.73. The summed E-state index contributed by atoms with van der Waals surface area (Å²) in [7, 11) is 0. The standard InChI is InChI=1S/C15H24IN3/c1-2-10-17-15-13(16)11-18-14(19-15)12-8-6-4-3-5-7-9-12/h11-12H,2-10H2,1H3,(H,17,18,19). The van der Waals surface area contributed by atoms with Crippen LogP contribution in [0.3, 0.4) is 0 Å². The maximum atomic E-state index is 4.78. The summed E-state index contributed by atoms with van der Waals surface area (Å²) in [6.07, 6.45) is 12.4. The fraction of sp³-hybridized carbons (Fsp3) is 0.733. The molecule has 0 bridgehead atoms. The zero-order valence-corrected chi connectivity index (χ0v) is 13.9. The molecule has 2 rings (SSSR count). The van der Waals surface area contributed by atoms with Gasteiger partial charge >= 0.3 is 0 Å². The van der Waals surface area contributed by atoms with Crippen molar-refractivity contribution >= 4 is 28.4 Å². The molecule has 19 heavy (non-hydrogen) atoms. The Morgan fingerprint density at radius 2 is 1.89 bits per heavy atom. The number of hydrogen-bond acceptors (Lipinski definition) is 3. The van der Waals surface area contributed by atoms with E-state index in [1.807, 2.05) is 6.20 Å². The van der Waals surface area contributed by atoms with E-state index in [2.05, 4.69) is 39.8 Å². The van der Waals surface area contributed by atoms with Gasteiger partial charge in [-0.3, -0.25) is 0 Å². The summed E-state index contributed by atoms with van der Waals surface area (Å²) in [6.45, 7) is 3.16. The van der Waals surface area contributed by atoms with Crippen LogP contribution in [0.1, 0.15) is 70.0 Å². The lowest BCUT2D eigenvalue weighted by Crippen LogP contribution is -2.11. The zero-order chi connectivity index (χ0) is 13.5. The van der Waals surface area contributed by atoms with E-state index in [1.54, 1.807) is 0 Å². The number of halogens is 1. The molecule has 1 aliphatic rings. The second-order valence-corrected chi connectivity index (χ2v) is 6.56. The second-order valence-electron chi connectivity index (χ2n) is 5.39. The highest BCUT2D eigenvalue weighted by molar-refractivity contribution is 14.1. The van der Waals surface area contributed by atoms with Gasteiger partial charge in [-0.05, 0) is 41.9 Å². The summed E-state index contributed by atoms with van der Waals surface area (Å²) in [5.74, 6) is 2.65. The third kappa shape index (κ3) is 4.58. The highest BCUT2D eigenvalue weighted by Gasteiger charge is 2.17. The molecule has 4 heteroatoms. The van der Waals surface area contributed by atoms with E-state index in [0.717, 1.165) is 28.2 Å². The van der Waals surface area contributed by atoms with Crippen LogP contribution < -0.4 is 5.32 Å². The van der Waals surface area contributed by atoms with Crippen molar-refractivity contribution in [2.45, 2.75) is 64.2 Å². The predicted molar refractivity (Wildman–Crippen MR) is 88.6 cm³/mol. The molecule has 1 N–H and O–H groups in total.